The number of aliphatic carboxylic acids is 1. The van der Waals surface area contributed by atoms with Crippen LogP contribution in [0.4, 0.5) is 0 Å². The first-order valence-electron chi connectivity index (χ1n) is 5.26. The van der Waals surface area contributed by atoms with Gasteiger partial charge in [-0.2, -0.15) is 0 Å². The van der Waals surface area contributed by atoms with Crippen LogP contribution in [0.15, 0.2) is 0 Å². The molecular weight excluding hydrogens is 194 g/mol. The third-order valence-electron chi connectivity index (χ3n) is 3.07. The lowest BCUT2D eigenvalue weighted by molar-refractivity contribution is -0.156. The van der Waals surface area contributed by atoms with Crippen LogP contribution in [0, 0.1) is 11.3 Å². The summed E-state index contributed by atoms with van der Waals surface area (Å²) < 4.78 is 0. The van der Waals surface area contributed by atoms with Crippen molar-refractivity contribution in [3.05, 3.63) is 0 Å². The van der Waals surface area contributed by atoms with E-state index in [4.69, 9.17) is 5.11 Å². The summed E-state index contributed by atoms with van der Waals surface area (Å²) in [5.74, 6) is -0.697. The Balaban J connectivity index is 4.05. The maximum Gasteiger partial charge on any atom is 0.336 e. The Morgan fingerprint density at radius 1 is 1.27 bits per heavy atom. The summed E-state index contributed by atoms with van der Waals surface area (Å²) in [4.78, 5) is 10.6. The minimum atomic E-state index is -1.69. The molecule has 0 saturated carbocycles. The molecule has 0 spiro atoms. The van der Waals surface area contributed by atoms with Crippen molar-refractivity contribution in [1.82, 2.24) is 5.32 Å². The van der Waals surface area contributed by atoms with Crippen molar-refractivity contribution in [2.45, 2.75) is 40.2 Å². The van der Waals surface area contributed by atoms with Gasteiger partial charge >= 0.3 is 5.97 Å². The molecule has 3 N–H and O–H groups in total. The van der Waals surface area contributed by atoms with Gasteiger partial charge in [0.25, 0.3) is 0 Å². The average Bonchev–Trinajstić information content (AvgIpc) is 2.02. The molecule has 0 aliphatic heterocycles. The highest BCUT2D eigenvalue weighted by atomic mass is 16.4. The Kier molecular flexibility index (Phi) is 4.74. The van der Waals surface area contributed by atoms with Crippen LogP contribution in [0.1, 0.15) is 34.6 Å². The van der Waals surface area contributed by atoms with E-state index in [-0.39, 0.29) is 12.0 Å². The molecule has 0 aliphatic rings. The monoisotopic (exact) mass is 217 g/mol. The minimum absolute atomic E-state index is 0.0679. The summed E-state index contributed by atoms with van der Waals surface area (Å²) in [5, 5.41) is 21.2. The van der Waals surface area contributed by atoms with Crippen LogP contribution < -0.4 is 5.32 Å². The van der Waals surface area contributed by atoms with Gasteiger partial charge in [-0.1, -0.05) is 27.7 Å². The van der Waals surface area contributed by atoms with Crippen molar-refractivity contribution in [2.75, 3.05) is 13.1 Å². The molecule has 0 amide bonds. The number of carboxylic acids is 1. The van der Waals surface area contributed by atoms with E-state index in [1.165, 1.54) is 6.92 Å². The number of hydrogen-bond donors (Lipinski definition) is 3. The maximum atomic E-state index is 10.6. The van der Waals surface area contributed by atoms with Crippen LogP contribution in [0.5, 0.6) is 0 Å². The van der Waals surface area contributed by atoms with Gasteiger partial charge in [0, 0.05) is 13.1 Å². The van der Waals surface area contributed by atoms with E-state index in [1.807, 2.05) is 0 Å². The lowest BCUT2D eigenvalue weighted by Crippen LogP contribution is -2.47. The Hall–Kier alpha value is -0.610. The number of aliphatic hydroxyl groups is 1. The van der Waals surface area contributed by atoms with Crippen molar-refractivity contribution >= 4 is 5.97 Å². The predicted molar refractivity (Wildman–Crippen MR) is 59.7 cm³/mol. The highest BCUT2D eigenvalue weighted by Gasteiger charge is 2.30. The van der Waals surface area contributed by atoms with Gasteiger partial charge in [-0.25, -0.2) is 4.79 Å². The molecule has 0 aromatic rings. The quantitative estimate of drug-likeness (QED) is 0.623. The molecule has 0 saturated heterocycles. The SMILES string of the molecule is CC(C)C(C)(C)CNCC(C)(O)C(=O)O. The second kappa shape index (κ2) is 4.94. The summed E-state index contributed by atoms with van der Waals surface area (Å²) in [7, 11) is 0. The third kappa shape index (κ3) is 4.62. The smallest absolute Gasteiger partial charge is 0.336 e. The van der Waals surface area contributed by atoms with Crippen molar-refractivity contribution < 1.29 is 15.0 Å². The van der Waals surface area contributed by atoms with Crippen LogP contribution >= 0.6 is 0 Å². The number of nitrogens with one attached hydrogen (secondary N) is 1. The lowest BCUT2D eigenvalue weighted by Gasteiger charge is -2.30. The van der Waals surface area contributed by atoms with E-state index in [0.29, 0.717) is 12.5 Å². The number of hydrogen-bond acceptors (Lipinski definition) is 3. The summed E-state index contributed by atoms with van der Waals surface area (Å²) in [6.45, 7) is 10.5. The first-order chi connectivity index (χ1) is 6.59. The molecule has 0 aromatic heterocycles. The van der Waals surface area contributed by atoms with Gasteiger partial charge in [-0.3, -0.25) is 0 Å². The van der Waals surface area contributed by atoms with E-state index in [9.17, 15) is 9.90 Å². The maximum absolute atomic E-state index is 10.6. The minimum Gasteiger partial charge on any atom is -0.479 e. The zero-order valence-electron chi connectivity index (χ0n) is 10.3. The summed E-state index contributed by atoms with van der Waals surface area (Å²) in [6.07, 6.45) is 0. The summed E-state index contributed by atoms with van der Waals surface area (Å²) >= 11 is 0. The fourth-order valence-electron chi connectivity index (χ4n) is 0.908. The Morgan fingerprint density at radius 2 is 1.73 bits per heavy atom. The van der Waals surface area contributed by atoms with Crippen molar-refractivity contribution in [2.24, 2.45) is 11.3 Å². The zero-order valence-corrected chi connectivity index (χ0v) is 10.3. The highest BCUT2D eigenvalue weighted by Crippen LogP contribution is 2.24. The van der Waals surface area contributed by atoms with E-state index in [2.05, 4.69) is 33.0 Å². The van der Waals surface area contributed by atoms with Crippen LogP contribution in [0.3, 0.4) is 0 Å². The van der Waals surface area contributed by atoms with E-state index < -0.39 is 11.6 Å². The molecule has 1 atom stereocenters. The zero-order chi connectivity index (χ0) is 12.3. The molecule has 90 valence electrons. The second-order valence-electron chi connectivity index (χ2n) is 5.33. The predicted octanol–water partition coefficient (Wildman–Crippen LogP) is 1.09. The molecule has 0 bridgehead atoms. The van der Waals surface area contributed by atoms with Crippen LogP contribution in [-0.4, -0.2) is 34.9 Å². The van der Waals surface area contributed by atoms with Gasteiger partial charge < -0.3 is 15.5 Å². The van der Waals surface area contributed by atoms with Crippen molar-refractivity contribution in [3.63, 3.8) is 0 Å². The van der Waals surface area contributed by atoms with Gasteiger partial charge in [0.05, 0.1) is 0 Å². The van der Waals surface area contributed by atoms with Gasteiger partial charge in [0.15, 0.2) is 5.60 Å². The molecule has 0 fully saturated rings. The Morgan fingerprint density at radius 3 is 2.07 bits per heavy atom. The van der Waals surface area contributed by atoms with Crippen molar-refractivity contribution in [1.29, 1.82) is 0 Å². The second-order valence-corrected chi connectivity index (χ2v) is 5.33. The highest BCUT2D eigenvalue weighted by molar-refractivity contribution is 5.76. The van der Waals surface area contributed by atoms with Crippen LogP contribution in [0.25, 0.3) is 0 Å². The molecule has 15 heavy (non-hydrogen) atoms. The number of carboxylic acid groups (broad SMARTS) is 1. The topological polar surface area (TPSA) is 69.6 Å². The summed E-state index contributed by atoms with van der Waals surface area (Å²) in [6, 6.07) is 0. The van der Waals surface area contributed by atoms with E-state index in [0.717, 1.165) is 0 Å². The van der Waals surface area contributed by atoms with Crippen LogP contribution in [0.2, 0.25) is 0 Å². The molecular formula is C11H23NO3. The van der Waals surface area contributed by atoms with Gasteiger partial charge in [0.2, 0.25) is 0 Å². The molecule has 0 heterocycles. The van der Waals surface area contributed by atoms with Crippen LogP contribution in [-0.2, 0) is 4.79 Å². The lowest BCUT2D eigenvalue weighted by atomic mass is 9.81. The Labute approximate surface area is 91.7 Å². The summed E-state index contributed by atoms with van der Waals surface area (Å²) in [5.41, 5.74) is -1.60. The molecule has 0 radical (unpaired) electrons. The fraction of sp³-hybridized carbons (Fsp3) is 0.909. The molecule has 0 aromatic carbocycles. The third-order valence-corrected chi connectivity index (χ3v) is 3.07. The molecule has 4 heteroatoms. The van der Waals surface area contributed by atoms with Gasteiger partial charge in [-0.15, -0.1) is 0 Å². The number of rotatable bonds is 6. The molecule has 0 aliphatic carbocycles. The molecule has 1 unspecified atom stereocenters. The van der Waals surface area contributed by atoms with Crippen molar-refractivity contribution in [3.8, 4) is 0 Å². The average molecular weight is 217 g/mol. The first kappa shape index (κ1) is 14.4. The first-order valence-corrected chi connectivity index (χ1v) is 5.26. The van der Waals surface area contributed by atoms with E-state index in [1.54, 1.807) is 0 Å². The fourth-order valence-corrected chi connectivity index (χ4v) is 0.908. The Bertz CT molecular complexity index is 222. The molecule has 0 rings (SSSR count). The van der Waals surface area contributed by atoms with Gasteiger partial charge in [0.1, 0.15) is 0 Å². The normalized spacial score (nSPS) is 16.5. The number of carbonyl (C=O) groups is 1. The van der Waals surface area contributed by atoms with Gasteiger partial charge in [-0.05, 0) is 18.3 Å². The molecule has 4 nitrogen and oxygen atoms in total. The largest absolute Gasteiger partial charge is 0.479 e. The standard InChI is InChI=1S/C11H23NO3/c1-8(2)10(3,4)6-12-7-11(5,15)9(13)14/h8,12,15H,6-7H2,1-5H3,(H,13,14). The van der Waals surface area contributed by atoms with E-state index >= 15 is 0 Å².